The van der Waals surface area contributed by atoms with Crippen LogP contribution in [-0.4, -0.2) is 69.2 Å². The molecule has 0 heterocycles. The van der Waals surface area contributed by atoms with E-state index in [9.17, 15) is 34.5 Å². The lowest BCUT2D eigenvalue weighted by Crippen LogP contribution is -2.71. The van der Waals surface area contributed by atoms with Crippen molar-refractivity contribution in [2.45, 2.75) is 51.2 Å². The number of Topliss-reactive ketones (excluding diaryl/α,β-unsaturated/α-hetero) is 3. The van der Waals surface area contributed by atoms with Crippen molar-refractivity contribution in [3.63, 3.8) is 0 Å². The van der Waals surface area contributed by atoms with Gasteiger partial charge in [-0.3, -0.25) is 24.1 Å². The van der Waals surface area contributed by atoms with Crippen LogP contribution in [0.25, 0.3) is 10.8 Å². The second-order valence-corrected chi connectivity index (χ2v) is 10.9. The fraction of sp³-hybridized carbons (Fsp3) is 0.462. The van der Waals surface area contributed by atoms with Crippen LogP contribution in [0.4, 0.5) is 0 Å². The average Bonchev–Trinajstić information content (AvgIpc) is 2.72. The molecule has 0 spiro atoms. The van der Waals surface area contributed by atoms with E-state index in [1.165, 1.54) is 4.90 Å². The first-order valence-corrected chi connectivity index (χ1v) is 11.4. The minimum absolute atomic E-state index is 0.0408. The zero-order valence-corrected chi connectivity index (χ0v) is 20.6. The number of fused-ring (bicyclic) bond motifs is 3. The van der Waals surface area contributed by atoms with Crippen molar-refractivity contribution in [2.24, 2.45) is 17.6 Å². The molecule has 186 valence electrons. The van der Waals surface area contributed by atoms with E-state index in [-0.39, 0.29) is 23.1 Å². The Morgan fingerprint density at radius 1 is 1.11 bits per heavy atom. The van der Waals surface area contributed by atoms with Crippen molar-refractivity contribution in [1.29, 1.82) is 0 Å². The maximum Gasteiger partial charge on any atom is 0.235 e. The van der Waals surface area contributed by atoms with Crippen LogP contribution in [-0.2, 0) is 26.2 Å². The maximum absolute atomic E-state index is 13.8. The molecular formula is C26H30N2O7. The second-order valence-electron chi connectivity index (χ2n) is 10.9. The number of phenols is 2. The summed E-state index contributed by atoms with van der Waals surface area (Å²) in [6.07, 6.45) is -0.0828. The van der Waals surface area contributed by atoms with Gasteiger partial charge in [0.2, 0.25) is 11.7 Å². The number of nitrogens with zero attached hydrogens (tertiary/aromatic N) is 1. The summed E-state index contributed by atoms with van der Waals surface area (Å²) in [6, 6.07) is 2.37. The third-order valence-electron chi connectivity index (χ3n) is 7.59. The highest BCUT2D eigenvalue weighted by atomic mass is 16.3. The Bertz CT molecular complexity index is 1340. The third kappa shape index (κ3) is 3.14. The number of aliphatic hydroxyl groups is 1. The van der Waals surface area contributed by atoms with Crippen molar-refractivity contribution < 1.29 is 34.5 Å². The number of phenolic OH excluding ortho intramolecular Hbond substituents is 2. The SMILES string of the molecule is Cc1c2c(c(O)c3c(O)c(C(C)(C)C)ccc13)C(=O)[C@]1(O)C(=O)C(C(N)=O)C(=O)[C@@H](N(C)C)[C@@H]1C2. The molecule has 35 heavy (non-hydrogen) atoms. The van der Waals surface area contributed by atoms with E-state index in [0.717, 1.165) is 0 Å². The summed E-state index contributed by atoms with van der Waals surface area (Å²) in [5.41, 5.74) is 3.31. The van der Waals surface area contributed by atoms with Crippen molar-refractivity contribution >= 4 is 34.0 Å². The summed E-state index contributed by atoms with van der Waals surface area (Å²) in [7, 11) is 3.10. The second kappa shape index (κ2) is 7.60. The Morgan fingerprint density at radius 2 is 1.71 bits per heavy atom. The van der Waals surface area contributed by atoms with Gasteiger partial charge >= 0.3 is 0 Å². The molecule has 0 aromatic heterocycles. The summed E-state index contributed by atoms with van der Waals surface area (Å²) >= 11 is 0. The number of ketones is 3. The van der Waals surface area contributed by atoms with Crippen LogP contribution < -0.4 is 5.73 Å². The number of aromatic hydroxyl groups is 2. The van der Waals surface area contributed by atoms with Gasteiger partial charge in [-0.05, 0) is 49.4 Å². The standard InChI is InChI=1S/C26H30N2O7/c1-10-11-7-8-13(25(2,3)4)19(29)15(11)20(30)16-12(10)9-14-18(28(5)6)21(31)17(24(27)34)23(33)26(14,35)22(16)32/h7-8,14,17-18,29-30,35H,9H2,1-6H3,(H2,27,34)/t14-,17?,18-,26-/m0/s1. The van der Waals surface area contributed by atoms with Gasteiger partial charge in [0, 0.05) is 11.5 Å². The molecule has 9 nitrogen and oxygen atoms in total. The Hall–Kier alpha value is -3.30. The lowest BCUT2D eigenvalue weighted by molar-refractivity contribution is -0.162. The molecule has 2 aliphatic carbocycles. The van der Waals surface area contributed by atoms with Gasteiger partial charge in [0.25, 0.3) is 0 Å². The summed E-state index contributed by atoms with van der Waals surface area (Å²) in [6.45, 7) is 7.38. The van der Waals surface area contributed by atoms with Crippen LogP contribution in [0.3, 0.4) is 0 Å². The molecule has 1 saturated carbocycles. The fourth-order valence-corrected chi connectivity index (χ4v) is 5.83. The molecule has 5 N–H and O–H groups in total. The monoisotopic (exact) mass is 482 g/mol. The molecule has 2 aliphatic rings. The average molecular weight is 483 g/mol. The lowest BCUT2D eigenvalue weighted by atomic mass is 9.58. The number of likely N-dealkylation sites (N-methyl/N-ethyl adjacent to an activating group) is 1. The van der Waals surface area contributed by atoms with E-state index in [2.05, 4.69) is 0 Å². The Kier molecular flexibility index (Phi) is 5.39. The van der Waals surface area contributed by atoms with Crippen LogP contribution in [0, 0.1) is 18.8 Å². The number of nitrogens with two attached hydrogens (primary N) is 1. The minimum atomic E-state index is -2.75. The number of hydrogen-bond donors (Lipinski definition) is 4. The first kappa shape index (κ1) is 24.8. The summed E-state index contributed by atoms with van der Waals surface area (Å²) in [4.78, 5) is 53.7. The highest BCUT2D eigenvalue weighted by Crippen LogP contribution is 2.51. The summed E-state index contributed by atoms with van der Waals surface area (Å²) < 4.78 is 0. The summed E-state index contributed by atoms with van der Waals surface area (Å²) in [5.74, 6) is -8.34. The zero-order chi connectivity index (χ0) is 26.4. The molecule has 0 aliphatic heterocycles. The van der Waals surface area contributed by atoms with Crippen LogP contribution in [0.1, 0.15) is 47.8 Å². The van der Waals surface area contributed by atoms with Crippen molar-refractivity contribution in [2.75, 3.05) is 14.1 Å². The number of carbonyl (C=O) groups is 4. The maximum atomic E-state index is 13.8. The third-order valence-corrected chi connectivity index (χ3v) is 7.59. The van der Waals surface area contributed by atoms with Gasteiger partial charge < -0.3 is 21.1 Å². The largest absolute Gasteiger partial charge is 0.507 e. The Labute approximate surface area is 202 Å². The van der Waals surface area contributed by atoms with E-state index in [1.54, 1.807) is 33.2 Å². The quantitative estimate of drug-likeness (QED) is 0.464. The van der Waals surface area contributed by atoms with Gasteiger partial charge in [0.15, 0.2) is 23.1 Å². The molecule has 1 fully saturated rings. The molecule has 1 amide bonds. The molecule has 0 saturated heterocycles. The number of hydrogen-bond acceptors (Lipinski definition) is 8. The number of amides is 1. The highest BCUT2D eigenvalue weighted by Gasteiger charge is 2.66. The minimum Gasteiger partial charge on any atom is -0.507 e. The molecule has 2 aromatic carbocycles. The first-order valence-electron chi connectivity index (χ1n) is 11.4. The smallest absolute Gasteiger partial charge is 0.235 e. The fourth-order valence-electron chi connectivity index (χ4n) is 5.83. The first-order chi connectivity index (χ1) is 16.1. The molecule has 2 aromatic rings. The predicted octanol–water partition coefficient (Wildman–Crippen LogP) is 1.13. The molecule has 4 rings (SSSR count). The van der Waals surface area contributed by atoms with Gasteiger partial charge in [0.1, 0.15) is 11.5 Å². The van der Waals surface area contributed by atoms with Crippen LogP contribution in [0.2, 0.25) is 0 Å². The number of benzene rings is 2. The Balaban J connectivity index is 2.07. The van der Waals surface area contributed by atoms with Gasteiger partial charge in [-0.1, -0.05) is 32.9 Å². The number of aryl methyl sites for hydroxylation is 1. The van der Waals surface area contributed by atoms with Crippen molar-refractivity contribution in [3.8, 4) is 11.5 Å². The van der Waals surface area contributed by atoms with E-state index < -0.39 is 57.9 Å². The Morgan fingerprint density at radius 3 is 2.23 bits per heavy atom. The highest BCUT2D eigenvalue weighted by molar-refractivity contribution is 6.33. The lowest BCUT2D eigenvalue weighted by Gasteiger charge is -2.48. The normalized spacial score (nSPS) is 26.7. The molecule has 0 radical (unpaired) electrons. The number of primary amides is 1. The van der Waals surface area contributed by atoms with E-state index in [0.29, 0.717) is 22.1 Å². The number of carbonyl (C=O) groups excluding carboxylic acids is 4. The molecule has 0 bridgehead atoms. The molecule has 1 unspecified atom stereocenters. The van der Waals surface area contributed by atoms with E-state index in [1.807, 2.05) is 20.8 Å². The van der Waals surface area contributed by atoms with Crippen LogP contribution in [0.15, 0.2) is 12.1 Å². The topological polar surface area (TPSA) is 158 Å². The predicted molar refractivity (Wildman–Crippen MR) is 127 cm³/mol. The molecule has 9 heteroatoms. The van der Waals surface area contributed by atoms with Crippen LogP contribution in [0.5, 0.6) is 11.5 Å². The van der Waals surface area contributed by atoms with Gasteiger partial charge in [-0.25, -0.2) is 0 Å². The van der Waals surface area contributed by atoms with Crippen molar-refractivity contribution in [1.82, 2.24) is 4.90 Å². The summed E-state index contributed by atoms with van der Waals surface area (Å²) in [5, 5.41) is 34.5. The molecule has 4 atom stereocenters. The zero-order valence-electron chi connectivity index (χ0n) is 20.6. The van der Waals surface area contributed by atoms with Gasteiger partial charge in [0.05, 0.1) is 17.0 Å². The van der Waals surface area contributed by atoms with E-state index >= 15 is 0 Å². The van der Waals surface area contributed by atoms with E-state index in [4.69, 9.17) is 5.73 Å². The van der Waals surface area contributed by atoms with Gasteiger partial charge in [-0.2, -0.15) is 0 Å². The van der Waals surface area contributed by atoms with Crippen LogP contribution >= 0.6 is 0 Å². The number of rotatable bonds is 2. The van der Waals surface area contributed by atoms with Crippen molar-refractivity contribution in [3.05, 3.63) is 34.4 Å². The van der Waals surface area contributed by atoms with Gasteiger partial charge in [-0.15, -0.1) is 0 Å². The molecular weight excluding hydrogens is 452 g/mol.